The molecule has 1 saturated heterocycles. The van der Waals surface area contributed by atoms with E-state index in [4.69, 9.17) is 0 Å². The lowest BCUT2D eigenvalue weighted by Gasteiger charge is -2.26. The second kappa shape index (κ2) is 7.75. The molecule has 0 spiro atoms. The fourth-order valence-electron chi connectivity index (χ4n) is 3.42. The highest BCUT2D eigenvalue weighted by atomic mass is 16.2. The molecular weight excluding hydrogens is 356 g/mol. The van der Waals surface area contributed by atoms with E-state index < -0.39 is 5.91 Å². The summed E-state index contributed by atoms with van der Waals surface area (Å²) in [6, 6.07) is 7.29. The predicted molar refractivity (Wildman–Crippen MR) is 104 cm³/mol. The Morgan fingerprint density at radius 1 is 1.07 bits per heavy atom. The summed E-state index contributed by atoms with van der Waals surface area (Å²) in [7, 11) is 0. The molecule has 1 fully saturated rings. The van der Waals surface area contributed by atoms with Crippen LogP contribution in [0.15, 0.2) is 36.7 Å². The Balaban J connectivity index is 1.53. The van der Waals surface area contributed by atoms with Crippen molar-refractivity contribution in [2.45, 2.75) is 32.2 Å². The number of nitrogens with zero attached hydrogens (tertiary/aromatic N) is 4. The molecule has 0 unspecified atom stereocenters. The van der Waals surface area contributed by atoms with Crippen LogP contribution >= 0.6 is 0 Å². The van der Waals surface area contributed by atoms with Crippen LogP contribution in [-0.2, 0) is 0 Å². The molecule has 1 atom stereocenters. The number of para-hydroxylation sites is 2. The Morgan fingerprint density at radius 2 is 1.79 bits per heavy atom. The Labute approximate surface area is 162 Å². The minimum absolute atomic E-state index is 0.0426. The standard InChI is InChI=1S/C20H22N6O2/c1-13(18-24-14-7-3-4-8-15(14)25-18)23-19(27)16-17(22-10-9-21-16)20(28)26-11-5-2-6-12-26/h3-4,7-10,13H,2,5-6,11-12H2,1H3,(H,23,27)(H,24,25)/t13-/m1/s1. The molecule has 0 saturated carbocycles. The number of benzene rings is 1. The highest BCUT2D eigenvalue weighted by Gasteiger charge is 2.26. The normalized spacial score (nSPS) is 15.4. The lowest BCUT2D eigenvalue weighted by Crippen LogP contribution is -2.38. The number of nitrogens with one attached hydrogen (secondary N) is 2. The van der Waals surface area contributed by atoms with Gasteiger partial charge in [-0.1, -0.05) is 12.1 Å². The van der Waals surface area contributed by atoms with Gasteiger partial charge in [0.05, 0.1) is 17.1 Å². The van der Waals surface area contributed by atoms with Crippen LogP contribution in [0.25, 0.3) is 11.0 Å². The quantitative estimate of drug-likeness (QED) is 0.726. The van der Waals surface area contributed by atoms with Gasteiger partial charge in [-0.05, 0) is 38.3 Å². The van der Waals surface area contributed by atoms with Crippen LogP contribution in [0, 0.1) is 0 Å². The van der Waals surface area contributed by atoms with Gasteiger partial charge in [0.2, 0.25) is 0 Å². The molecule has 8 nitrogen and oxygen atoms in total. The first-order valence-electron chi connectivity index (χ1n) is 9.49. The number of likely N-dealkylation sites (tertiary alicyclic amines) is 1. The molecule has 3 heterocycles. The van der Waals surface area contributed by atoms with Crippen molar-refractivity contribution in [3.8, 4) is 0 Å². The first-order valence-corrected chi connectivity index (χ1v) is 9.49. The zero-order valence-corrected chi connectivity index (χ0v) is 15.7. The van der Waals surface area contributed by atoms with Crippen molar-refractivity contribution in [1.82, 2.24) is 30.2 Å². The summed E-state index contributed by atoms with van der Waals surface area (Å²) in [6.07, 6.45) is 5.92. The highest BCUT2D eigenvalue weighted by molar-refractivity contribution is 6.04. The van der Waals surface area contributed by atoms with E-state index >= 15 is 0 Å². The highest BCUT2D eigenvalue weighted by Crippen LogP contribution is 2.17. The van der Waals surface area contributed by atoms with Crippen molar-refractivity contribution in [3.05, 3.63) is 53.9 Å². The van der Waals surface area contributed by atoms with E-state index in [1.54, 1.807) is 4.90 Å². The molecule has 0 aliphatic carbocycles. The number of hydrogen-bond donors (Lipinski definition) is 2. The van der Waals surface area contributed by atoms with E-state index in [0.29, 0.717) is 18.9 Å². The predicted octanol–water partition coefficient (Wildman–Crippen LogP) is 2.47. The number of piperidine rings is 1. The molecule has 2 aromatic heterocycles. The SMILES string of the molecule is C[C@@H](NC(=O)c1nccnc1C(=O)N1CCCCC1)c1nc2ccccc2[nH]1. The van der Waals surface area contributed by atoms with Crippen molar-refractivity contribution in [1.29, 1.82) is 0 Å². The van der Waals surface area contributed by atoms with Crippen LogP contribution in [0.1, 0.15) is 59.0 Å². The average molecular weight is 378 g/mol. The maximum Gasteiger partial charge on any atom is 0.274 e. The Bertz CT molecular complexity index is 976. The number of fused-ring (bicyclic) bond motifs is 1. The van der Waals surface area contributed by atoms with Crippen LogP contribution in [0.4, 0.5) is 0 Å². The van der Waals surface area contributed by atoms with Crippen LogP contribution < -0.4 is 5.32 Å². The largest absolute Gasteiger partial charge is 0.341 e. The number of hydrogen-bond acceptors (Lipinski definition) is 5. The molecule has 144 valence electrons. The van der Waals surface area contributed by atoms with E-state index in [2.05, 4.69) is 25.3 Å². The fourth-order valence-corrected chi connectivity index (χ4v) is 3.42. The number of aromatic nitrogens is 4. The van der Waals surface area contributed by atoms with E-state index in [9.17, 15) is 9.59 Å². The van der Waals surface area contributed by atoms with Gasteiger partial charge in [0.15, 0.2) is 11.4 Å². The summed E-state index contributed by atoms with van der Waals surface area (Å²) in [5.74, 6) is -0.0434. The Kier molecular flexibility index (Phi) is 5.01. The zero-order chi connectivity index (χ0) is 19.5. The fraction of sp³-hybridized carbons (Fsp3) is 0.350. The van der Waals surface area contributed by atoms with Crippen molar-refractivity contribution in [3.63, 3.8) is 0 Å². The first kappa shape index (κ1) is 18.1. The maximum absolute atomic E-state index is 12.8. The Hall–Kier alpha value is -3.29. The summed E-state index contributed by atoms with van der Waals surface area (Å²) < 4.78 is 0. The van der Waals surface area contributed by atoms with Gasteiger partial charge in [-0.25, -0.2) is 15.0 Å². The smallest absolute Gasteiger partial charge is 0.274 e. The van der Waals surface area contributed by atoms with Crippen LogP contribution in [-0.4, -0.2) is 49.7 Å². The zero-order valence-electron chi connectivity index (χ0n) is 15.7. The molecule has 1 aromatic carbocycles. The van der Waals surface area contributed by atoms with Crippen molar-refractivity contribution in [2.75, 3.05) is 13.1 Å². The molecule has 2 amide bonds. The van der Waals surface area contributed by atoms with Crippen molar-refractivity contribution < 1.29 is 9.59 Å². The van der Waals surface area contributed by atoms with E-state index in [-0.39, 0.29) is 23.3 Å². The van der Waals surface area contributed by atoms with Gasteiger partial charge in [-0.15, -0.1) is 0 Å². The minimum Gasteiger partial charge on any atom is -0.341 e. The third kappa shape index (κ3) is 3.58. The van der Waals surface area contributed by atoms with Crippen LogP contribution in [0.5, 0.6) is 0 Å². The summed E-state index contributed by atoms with van der Waals surface area (Å²) in [4.78, 5) is 43.4. The van der Waals surface area contributed by atoms with Crippen molar-refractivity contribution in [2.24, 2.45) is 0 Å². The number of rotatable bonds is 4. The molecule has 2 N–H and O–H groups in total. The average Bonchev–Trinajstić information content (AvgIpc) is 3.18. The number of carbonyl (C=O) groups excluding carboxylic acids is 2. The third-order valence-electron chi connectivity index (χ3n) is 4.92. The van der Waals surface area contributed by atoms with Gasteiger partial charge in [0, 0.05) is 25.5 Å². The Morgan fingerprint density at radius 3 is 2.54 bits per heavy atom. The molecule has 4 rings (SSSR count). The lowest BCUT2D eigenvalue weighted by atomic mass is 10.1. The maximum atomic E-state index is 12.8. The number of amides is 2. The lowest BCUT2D eigenvalue weighted by molar-refractivity contribution is 0.0710. The molecule has 28 heavy (non-hydrogen) atoms. The minimum atomic E-state index is -0.443. The third-order valence-corrected chi connectivity index (χ3v) is 4.92. The second-order valence-electron chi connectivity index (χ2n) is 6.94. The molecule has 1 aliphatic rings. The molecule has 8 heteroatoms. The van der Waals surface area contributed by atoms with Crippen molar-refractivity contribution >= 4 is 22.8 Å². The first-order chi connectivity index (χ1) is 13.6. The second-order valence-corrected chi connectivity index (χ2v) is 6.94. The van der Waals surface area contributed by atoms with Gasteiger partial charge in [0.25, 0.3) is 11.8 Å². The summed E-state index contributed by atoms with van der Waals surface area (Å²) in [5.41, 5.74) is 1.87. The number of H-pyrrole nitrogens is 1. The van der Waals surface area contributed by atoms with E-state index in [1.165, 1.54) is 12.4 Å². The molecule has 0 radical (unpaired) electrons. The van der Waals surface area contributed by atoms with Gasteiger partial charge < -0.3 is 15.2 Å². The topological polar surface area (TPSA) is 104 Å². The number of carbonyl (C=O) groups is 2. The van der Waals surface area contributed by atoms with Crippen LogP contribution in [0.2, 0.25) is 0 Å². The van der Waals surface area contributed by atoms with Gasteiger partial charge in [-0.3, -0.25) is 9.59 Å². The molecule has 3 aromatic rings. The molecule has 1 aliphatic heterocycles. The summed E-state index contributed by atoms with van der Waals surface area (Å²) in [6.45, 7) is 3.20. The number of aromatic amines is 1. The summed E-state index contributed by atoms with van der Waals surface area (Å²) in [5, 5.41) is 2.87. The van der Waals surface area contributed by atoms with E-state index in [0.717, 1.165) is 30.3 Å². The summed E-state index contributed by atoms with van der Waals surface area (Å²) >= 11 is 0. The molecule has 0 bridgehead atoms. The van der Waals surface area contributed by atoms with Gasteiger partial charge in [-0.2, -0.15) is 0 Å². The monoisotopic (exact) mass is 378 g/mol. The van der Waals surface area contributed by atoms with E-state index in [1.807, 2.05) is 31.2 Å². The van der Waals surface area contributed by atoms with Crippen LogP contribution in [0.3, 0.4) is 0 Å². The molecular formula is C20H22N6O2. The number of imidazole rings is 1. The van der Waals surface area contributed by atoms with Gasteiger partial charge >= 0.3 is 0 Å². The van der Waals surface area contributed by atoms with Gasteiger partial charge in [0.1, 0.15) is 5.82 Å².